The SMILES string of the molecule is CC(CNC(=O)C1CCCN1)COCc1ccccc1.Cl. The van der Waals surface area contributed by atoms with Crippen LogP contribution >= 0.6 is 12.4 Å². The van der Waals surface area contributed by atoms with Gasteiger partial charge in [-0.25, -0.2) is 0 Å². The molecule has 1 aliphatic heterocycles. The van der Waals surface area contributed by atoms with E-state index in [1.165, 1.54) is 5.56 Å². The van der Waals surface area contributed by atoms with Gasteiger partial charge >= 0.3 is 0 Å². The fraction of sp³-hybridized carbons (Fsp3) is 0.562. The van der Waals surface area contributed by atoms with E-state index >= 15 is 0 Å². The fourth-order valence-corrected chi connectivity index (χ4v) is 2.32. The molecule has 5 heteroatoms. The maximum absolute atomic E-state index is 11.8. The van der Waals surface area contributed by atoms with Crippen molar-refractivity contribution in [3.63, 3.8) is 0 Å². The van der Waals surface area contributed by atoms with Gasteiger partial charge in [-0.3, -0.25) is 4.79 Å². The summed E-state index contributed by atoms with van der Waals surface area (Å²) < 4.78 is 5.67. The van der Waals surface area contributed by atoms with Gasteiger partial charge in [0.1, 0.15) is 0 Å². The van der Waals surface area contributed by atoms with E-state index in [0.29, 0.717) is 25.7 Å². The Bertz CT molecular complexity index is 408. The van der Waals surface area contributed by atoms with Crippen LogP contribution in [0.4, 0.5) is 0 Å². The van der Waals surface area contributed by atoms with Crippen LogP contribution in [0.1, 0.15) is 25.3 Å². The van der Waals surface area contributed by atoms with Crippen molar-refractivity contribution in [2.45, 2.75) is 32.4 Å². The lowest BCUT2D eigenvalue weighted by atomic mass is 10.1. The number of ether oxygens (including phenoxy) is 1. The summed E-state index contributed by atoms with van der Waals surface area (Å²) >= 11 is 0. The van der Waals surface area contributed by atoms with Crippen molar-refractivity contribution in [1.82, 2.24) is 10.6 Å². The fourth-order valence-electron chi connectivity index (χ4n) is 2.32. The number of carbonyl (C=O) groups excluding carboxylic acids is 1. The quantitative estimate of drug-likeness (QED) is 0.811. The highest BCUT2D eigenvalue weighted by atomic mass is 35.5. The smallest absolute Gasteiger partial charge is 0.237 e. The molecule has 0 bridgehead atoms. The molecule has 2 atom stereocenters. The molecule has 1 aromatic carbocycles. The second-order valence-corrected chi connectivity index (χ2v) is 5.50. The molecule has 1 fully saturated rings. The van der Waals surface area contributed by atoms with Crippen LogP contribution in [0.25, 0.3) is 0 Å². The summed E-state index contributed by atoms with van der Waals surface area (Å²) in [7, 11) is 0. The second-order valence-electron chi connectivity index (χ2n) is 5.50. The van der Waals surface area contributed by atoms with Gasteiger partial charge in [0.05, 0.1) is 19.3 Å². The van der Waals surface area contributed by atoms with Gasteiger partial charge in [-0.1, -0.05) is 37.3 Å². The number of amides is 1. The number of nitrogens with one attached hydrogen (secondary N) is 2. The molecule has 0 saturated carbocycles. The van der Waals surface area contributed by atoms with Gasteiger partial charge in [0, 0.05) is 6.54 Å². The van der Waals surface area contributed by atoms with E-state index in [1.807, 2.05) is 18.2 Å². The third-order valence-electron chi connectivity index (χ3n) is 3.52. The highest BCUT2D eigenvalue weighted by Gasteiger charge is 2.21. The third kappa shape index (κ3) is 6.46. The Balaban J connectivity index is 0.00000220. The van der Waals surface area contributed by atoms with Gasteiger partial charge in [-0.2, -0.15) is 0 Å². The van der Waals surface area contributed by atoms with E-state index in [0.717, 1.165) is 19.4 Å². The molecular formula is C16H25ClN2O2. The lowest BCUT2D eigenvalue weighted by Crippen LogP contribution is -2.42. The molecule has 1 heterocycles. The maximum atomic E-state index is 11.8. The number of rotatable bonds is 7. The summed E-state index contributed by atoms with van der Waals surface area (Å²) in [6.07, 6.45) is 2.04. The molecule has 0 radical (unpaired) electrons. The predicted molar refractivity (Wildman–Crippen MR) is 86.5 cm³/mol. The lowest BCUT2D eigenvalue weighted by Gasteiger charge is -2.15. The molecular weight excluding hydrogens is 288 g/mol. The average Bonchev–Trinajstić information content (AvgIpc) is 3.00. The number of hydrogen-bond acceptors (Lipinski definition) is 3. The van der Waals surface area contributed by atoms with Gasteiger partial charge in [0.15, 0.2) is 0 Å². The number of carbonyl (C=O) groups is 1. The largest absolute Gasteiger partial charge is 0.376 e. The van der Waals surface area contributed by atoms with Crippen molar-refractivity contribution in [2.75, 3.05) is 19.7 Å². The number of benzene rings is 1. The van der Waals surface area contributed by atoms with Crippen LogP contribution in [0.15, 0.2) is 30.3 Å². The first kappa shape index (κ1) is 18.0. The molecule has 21 heavy (non-hydrogen) atoms. The Hall–Kier alpha value is -1.10. The minimum Gasteiger partial charge on any atom is -0.376 e. The second kappa shape index (κ2) is 9.77. The predicted octanol–water partition coefficient (Wildman–Crippen LogP) is 2.13. The van der Waals surface area contributed by atoms with Crippen molar-refractivity contribution < 1.29 is 9.53 Å². The molecule has 1 aliphatic rings. The number of hydrogen-bond donors (Lipinski definition) is 2. The van der Waals surface area contributed by atoms with E-state index in [2.05, 4.69) is 29.7 Å². The molecule has 1 amide bonds. The molecule has 118 valence electrons. The molecule has 2 N–H and O–H groups in total. The Morgan fingerprint density at radius 1 is 1.43 bits per heavy atom. The highest BCUT2D eigenvalue weighted by molar-refractivity contribution is 5.85. The molecule has 0 spiro atoms. The Kier molecular flexibility index (Phi) is 8.35. The first-order chi connectivity index (χ1) is 9.75. The Morgan fingerprint density at radius 2 is 2.19 bits per heavy atom. The summed E-state index contributed by atoms with van der Waals surface area (Å²) in [5, 5.41) is 6.19. The van der Waals surface area contributed by atoms with E-state index in [4.69, 9.17) is 4.74 Å². The third-order valence-corrected chi connectivity index (χ3v) is 3.52. The molecule has 0 aromatic heterocycles. The number of halogens is 1. The van der Waals surface area contributed by atoms with Crippen molar-refractivity contribution in [3.05, 3.63) is 35.9 Å². The molecule has 4 nitrogen and oxygen atoms in total. The normalized spacial score (nSPS) is 18.8. The van der Waals surface area contributed by atoms with Crippen molar-refractivity contribution in [1.29, 1.82) is 0 Å². The summed E-state index contributed by atoms with van der Waals surface area (Å²) in [5.41, 5.74) is 1.18. The average molecular weight is 313 g/mol. The standard InChI is InChI=1S/C16H24N2O2.ClH/c1-13(10-18-16(19)15-8-5-9-17-15)11-20-12-14-6-3-2-4-7-14;/h2-4,6-7,13,15,17H,5,8-12H2,1H3,(H,18,19);1H. The molecule has 1 saturated heterocycles. The van der Waals surface area contributed by atoms with Gasteiger partial charge in [0.2, 0.25) is 5.91 Å². The van der Waals surface area contributed by atoms with E-state index in [9.17, 15) is 4.79 Å². The zero-order chi connectivity index (χ0) is 14.2. The molecule has 1 aromatic rings. The van der Waals surface area contributed by atoms with E-state index in [1.54, 1.807) is 0 Å². The topological polar surface area (TPSA) is 50.4 Å². The molecule has 2 unspecified atom stereocenters. The van der Waals surface area contributed by atoms with E-state index < -0.39 is 0 Å². The zero-order valence-corrected chi connectivity index (χ0v) is 13.3. The van der Waals surface area contributed by atoms with Crippen molar-refractivity contribution in [2.24, 2.45) is 5.92 Å². The first-order valence-electron chi connectivity index (χ1n) is 7.38. The Morgan fingerprint density at radius 3 is 2.86 bits per heavy atom. The highest BCUT2D eigenvalue weighted by Crippen LogP contribution is 2.06. The Labute approximate surface area is 133 Å². The first-order valence-corrected chi connectivity index (χ1v) is 7.38. The van der Waals surface area contributed by atoms with Gasteiger partial charge in [-0.15, -0.1) is 12.4 Å². The van der Waals surface area contributed by atoms with Gasteiger partial charge in [-0.05, 0) is 30.9 Å². The minimum absolute atomic E-state index is 0. The maximum Gasteiger partial charge on any atom is 0.237 e. The van der Waals surface area contributed by atoms with Crippen molar-refractivity contribution in [3.8, 4) is 0 Å². The summed E-state index contributed by atoms with van der Waals surface area (Å²) in [6.45, 7) is 5.00. The van der Waals surface area contributed by atoms with Crippen LogP contribution in [0, 0.1) is 5.92 Å². The van der Waals surface area contributed by atoms with Crippen LogP contribution in [0.2, 0.25) is 0 Å². The van der Waals surface area contributed by atoms with Gasteiger partial charge in [0.25, 0.3) is 0 Å². The minimum atomic E-state index is 0. The van der Waals surface area contributed by atoms with Crippen LogP contribution in [0.3, 0.4) is 0 Å². The van der Waals surface area contributed by atoms with Crippen LogP contribution in [0.5, 0.6) is 0 Å². The van der Waals surface area contributed by atoms with Crippen LogP contribution < -0.4 is 10.6 Å². The van der Waals surface area contributed by atoms with Gasteiger partial charge < -0.3 is 15.4 Å². The van der Waals surface area contributed by atoms with Crippen LogP contribution in [-0.2, 0) is 16.1 Å². The summed E-state index contributed by atoms with van der Waals surface area (Å²) in [4.78, 5) is 11.8. The lowest BCUT2D eigenvalue weighted by molar-refractivity contribution is -0.123. The summed E-state index contributed by atoms with van der Waals surface area (Å²) in [6, 6.07) is 10.1. The van der Waals surface area contributed by atoms with Crippen LogP contribution in [-0.4, -0.2) is 31.6 Å². The summed E-state index contributed by atoms with van der Waals surface area (Å²) in [5.74, 6) is 0.446. The molecule has 0 aliphatic carbocycles. The monoisotopic (exact) mass is 312 g/mol. The molecule has 2 rings (SSSR count). The van der Waals surface area contributed by atoms with E-state index in [-0.39, 0.29) is 24.4 Å². The zero-order valence-electron chi connectivity index (χ0n) is 12.5. The van der Waals surface area contributed by atoms with Crippen molar-refractivity contribution >= 4 is 18.3 Å².